The van der Waals surface area contributed by atoms with Gasteiger partial charge >= 0.3 is 0 Å². The van der Waals surface area contributed by atoms with Crippen LogP contribution in [0.1, 0.15) is 0 Å². The molecule has 0 spiro atoms. The van der Waals surface area contributed by atoms with E-state index in [1.54, 1.807) is 18.2 Å². The highest BCUT2D eigenvalue weighted by Gasteiger charge is 2.26. The van der Waals surface area contributed by atoms with Crippen LogP contribution < -0.4 is 9.46 Å². The van der Waals surface area contributed by atoms with E-state index in [1.807, 2.05) is 4.72 Å². The Morgan fingerprint density at radius 3 is 2.33 bits per heavy atom. The van der Waals surface area contributed by atoms with Crippen LogP contribution in [0, 0.1) is 17.5 Å². The van der Waals surface area contributed by atoms with Gasteiger partial charge in [0.05, 0.1) is 12.8 Å². The quantitative estimate of drug-likeness (QED) is 0.716. The van der Waals surface area contributed by atoms with Crippen LogP contribution in [0.2, 0.25) is 0 Å². The number of halogens is 3. The summed E-state index contributed by atoms with van der Waals surface area (Å²) in [5.41, 5.74) is 0.769. The Morgan fingerprint density at radius 2 is 1.74 bits per heavy atom. The average molecular weight is 395 g/mol. The molecule has 0 aliphatic heterocycles. The summed E-state index contributed by atoms with van der Waals surface area (Å²) in [5, 5.41) is 0. The topological polar surface area (TPSA) is 81.2 Å². The van der Waals surface area contributed by atoms with Gasteiger partial charge in [0.1, 0.15) is 23.1 Å². The highest BCUT2D eigenvalue weighted by molar-refractivity contribution is 7.92. The second-order valence-electron chi connectivity index (χ2n) is 5.30. The Morgan fingerprint density at radius 1 is 1.04 bits per heavy atom. The third-order valence-electron chi connectivity index (χ3n) is 3.48. The maximum Gasteiger partial charge on any atom is 0.267 e. The molecule has 2 heterocycles. The standard InChI is InChI=1S/C17H12F3N3O3S/c1-26-17-15(6-10(9-22-17)14-4-2-3-5-21-14)23-27(24,25)16-12(19)7-11(18)8-13(16)20/h2-9,23H,1H3. The highest BCUT2D eigenvalue weighted by atomic mass is 32.2. The van der Waals surface area contributed by atoms with Crippen molar-refractivity contribution in [2.45, 2.75) is 4.90 Å². The van der Waals surface area contributed by atoms with E-state index >= 15 is 0 Å². The van der Waals surface area contributed by atoms with Crippen molar-refractivity contribution in [3.8, 4) is 17.1 Å². The number of methoxy groups -OCH3 is 1. The van der Waals surface area contributed by atoms with Gasteiger partial charge < -0.3 is 4.74 Å². The molecular formula is C17H12F3N3O3S. The molecule has 1 N–H and O–H groups in total. The number of ether oxygens (including phenoxy) is 1. The molecule has 0 saturated carbocycles. The first kappa shape index (κ1) is 18.6. The van der Waals surface area contributed by atoms with Crippen LogP contribution in [0.4, 0.5) is 18.9 Å². The fraction of sp³-hybridized carbons (Fsp3) is 0.0588. The third-order valence-corrected chi connectivity index (χ3v) is 4.90. The van der Waals surface area contributed by atoms with Gasteiger partial charge in [0.15, 0.2) is 4.90 Å². The lowest BCUT2D eigenvalue weighted by molar-refractivity contribution is 0.400. The molecule has 0 fully saturated rings. The summed E-state index contributed by atoms with van der Waals surface area (Å²) in [6.07, 6.45) is 2.94. The molecule has 0 unspecified atom stereocenters. The van der Waals surface area contributed by atoms with Gasteiger partial charge in [-0.3, -0.25) is 9.71 Å². The molecule has 1 aromatic carbocycles. The Balaban J connectivity index is 2.06. The van der Waals surface area contributed by atoms with Crippen molar-refractivity contribution in [3.63, 3.8) is 0 Å². The van der Waals surface area contributed by atoms with Crippen LogP contribution >= 0.6 is 0 Å². The van der Waals surface area contributed by atoms with Gasteiger partial charge in [-0.1, -0.05) is 6.07 Å². The van der Waals surface area contributed by atoms with Gasteiger partial charge in [-0.2, -0.15) is 0 Å². The number of pyridine rings is 2. The molecule has 3 rings (SSSR count). The van der Waals surface area contributed by atoms with Gasteiger partial charge in [-0.25, -0.2) is 26.6 Å². The Labute approximate surface area is 152 Å². The number of hydrogen-bond acceptors (Lipinski definition) is 5. The molecule has 0 aliphatic carbocycles. The zero-order valence-electron chi connectivity index (χ0n) is 13.8. The number of anilines is 1. The summed E-state index contributed by atoms with van der Waals surface area (Å²) in [6, 6.07) is 6.99. The Hall–Kier alpha value is -3.14. The van der Waals surface area contributed by atoms with Gasteiger partial charge in [0.25, 0.3) is 10.0 Å². The van der Waals surface area contributed by atoms with Crippen molar-refractivity contribution in [2.75, 3.05) is 11.8 Å². The van der Waals surface area contributed by atoms with Crippen LogP contribution in [0.25, 0.3) is 11.3 Å². The van der Waals surface area contributed by atoms with Crippen LogP contribution in [0.3, 0.4) is 0 Å². The van der Waals surface area contributed by atoms with Crippen LogP contribution in [0.15, 0.2) is 53.7 Å². The van der Waals surface area contributed by atoms with E-state index in [2.05, 4.69) is 9.97 Å². The Kier molecular flexibility index (Phi) is 5.00. The van der Waals surface area contributed by atoms with Crippen molar-refractivity contribution in [1.29, 1.82) is 0 Å². The van der Waals surface area contributed by atoms with Crippen molar-refractivity contribution in [2.24, 2.45) is 0 Å². The van der Waals surface area contributed by atoms with Gasteiger partial charge in [0.2, 0.25) is 5.88 Å². The van der Waals surface area contributed by atoms with Gasteiger partial charge in [-0.15, -0.1) is 0 Å². The minimum absolute atomic E-state index is 0.124. The molecule has 0 atom stereocenters. The van der Waals surface area contributed by atoms with E-state index in [-0.39, 0.29) is 23.7 Å². The zero-order chi connectivity index (χ0) is 19.6. The molecule has 0 aliphatic rings. The molecule has 0 bridgehead atoms. The molecule has 0 amide bonds. The van der Waals surface area contributed by atoms with Crippen molar-refractivity contribution < 1.29 is 26.3 Å². The summed E-state index contributed by atoms with van der Waals surface area (Å²) in [4.78, 5) is 6.78. The minimum Gasteiger partial charge on any atom is -0.480 e. The number of aromatic nitrogens is 2. The van der Waals surface area contributed by atoms with E-state index in [0.717, 1.165) is 0 Å². The van der Waals surface area contributed by atoms with E-state index < -0.39 is 32.4 Å². The van der Waals surface area contributed by atoms with E-state index in [4.69, 9.17) is 4.74 Å². The molecule has 0 radical (unpaired) electrons. The molecule has 6 nitrogen and oxygen atoms in total. The SMILES string of the molecule is COc1ncc(-c2ccccn2)cc1NS(=O)(=O)c1c(F)cc(F)cc1F. The first-order chi connectivity index (χ1) is 12.8. The van der Waals surface area contributed by atoms with Crippen LogP contribution in [-0.2, 0) is 10.0 Å². The molecular weight excluding hydrogens is 383 g/mol. The third kappa shape index (κ3) is 3.85. The highest BCUT2D eigenvalue weighted by Crippen LogP contribution is 2.30. The zero-order valence-corrected chi connectivity index (χ0v) is 14.6. The Bertz CT molecular complexity index is 1070. The van der Waals surface area contributed by atoms with Gasteiger partial charge in [-0.05, 0) is 18.2 Å². The number of benzene rings is 1. The minimum atomic E-state index is -4.73. The van der Waals surface area contributed by atoms with Crippen molar-refractivity contribution in [3.05, 3.63) is 66.2 Å². The van der Waals surface area contributed by atoms with Gasteiger partial charge in [0, 0.05) is 30.1 Å². The van der Waals surface area contributed by atoms with E-state index in [0.29, 0.717) is 11.3 Å². The molecule has 0 saturated heterocycles. The first-order valence-corrected chi connectivity index (χ1v) is 8.93. The molecule has 27 heavy (non-hydrogen) atoms. The van der Waals surface area contributed by atoms with E-state index in [1.165, 1.54) is 25.6 Å². The predicted molar refractivity (Wildman–Crippen MR) is 91.1 cm³/mol. The number of sulfonamides is 1. The summed E-state index contributed by atoms with van der Waals surface area (Å²) in [6.45, 7) is 0. The van der Waals surface area contributed by atoms with Crippen molar-refractivity contribution in [1.82, 2.24) is 9.97 Å². The maximum absolute atomic E-state index is 13.9. The number of hydrogen-bond donors (Lipinski definition) is 1. The summed E-state index contributed by atoms with van der Waals surface area (Å²) in [5.74, 6) is -4.48. The summed E-state index contributed by atoms with van der Waals surface area (Å²) in [7, 11) is -3.48. The van der Waals surface area contributed by atoms with Crippen LogP contribution in [-0.4, -0.2) is 25.5 Å². The number of nitrogens with one attached hydrogen (secondary N) is 1. The predicted octanol–water partition coefficient (Wildman–Crippen LogP) is 3.37. The molecule has 140 valence electrons. The maximum atomic E-state index is 13.9. The fourth-order valence-electron chi connectivity index (χ4n) is 2.34. The van der Waals surface area contributed by atoms with Crippen LogP contribution in [0.5, 0.6) is 5.88 Å². The lowest BCUT2D eigenvalue weighted by atomic mass is 10.2. The average Bonchev–Trinajstić information content (AvgIpc) is 2.61. The molecule has 3 aromatic rings. The van der Waals surface area contributed by atoms with E-state index in [9.17, 15) is 21.6 Å². The fourth-order valence-corrected chi connectivity index (χ4v) is 3.51. The summed E-state index contributed by atoms with van der Waals surface area (Å²) >= 11 is 0. The molecule has 10 heteroatoms. The van der Waals surface area contributed by atoms with Crippen molar-refractivity contribution >= 4 is 15.7 Å². The number of nitrogens with zero attached hydrogens (tertiary/aromatic N) is 2. The second-order valence-corrected chi connectivity index (χ2v) is 6.92. The first-order valence-electron chi connectivity index (χ1n) is 7.44. The summed E-state index contributed by atoms with van der Waals surface area (Å²) < 4.78 is 72.7. The normalized spacial score (nSPS) is 11.3. The smallest absolute Gasteiger partial charge is 0.267 e. The lowest BCUT2D eigenvalue weighted by Gasteiger charge is -2.13. The molecule has 2 aromatic heterocycles. The number of rotatable bonds is 5. The largest absolute Gasteiger partial charge is 0.480 e. The second kappa shape index (κ2) is 7.23. The monoisotopic (exact) mass is 395 g/mol. The lowest BCUT2D eigenvalue weighted by Crippen LogP contribution is -2.17.